The maximum absolute atomic E-state index is 12.6. The number of rotatable bonds is 4. The minimum atomic E-state index is -3.50. The molecule has 0 aromatic carbocycles. The first-order chi connectivity index (χ1) is 9.95. The van der Waals surface area contributed by atoms with Crippen molar-refractivity contribution in [3.05, 3.63) is 18.0 Å². The highest BCUT2D eigenvalue weighted by atomic mass is 32.2. The van der Waals surface area contributed by atoms with Crippen molar-refractivity contribution in [2.75, 3.05) is 5.75 Å². The van der Waals surface area contributed by atoms with E-state index in [-0.39, 0.29) is 24.0 Å². The third-order valence-electron chi connectivity index (χ3n) is 4.23. The lowest BCUT2D eigenvalue weighted by molar-refractivity contribution is -0.120. The Bertz CT molecular complexity index is 634. The van der Waals surface area contributed by atoms with Crippen LogP contribution < -0.4 is 5.43 Å². The van der Waals surface area contributed by atoms with Gasteiger partial charge in [0, 0.05) is 18.8 Å². The molecule has 0 bridgehead atoms. The molecule has 1 atom stereocenters. The minimum Gasteiger partial charge on any atom is -0.275 e. The summed E-state index contributed by atoms with van der Waals surface area (Å²) >= 11 is 0. The van der Waals surface area contributed by atoms with Gasteiger partial charge in [-0.05, 0) is 18.8 Å². The lowest BCUT2D eigenvalue weighted by Gasteiger charge is -2.23. The fourth-order valence-corrected chi connectivity index (χ4v) is 5.10. The lowest BCUT2D eigenvalue weighted by Crippen LogP contribution is -2.42. The minimum absolute atomic E-state index is 0.115. The molecule has 1 aromatic heterocycles. The molecule has 2 fully saturated rings. The van der Waals surface area contributed by atoms with E-state index in [0.717, 1.165) is 35.7 Å². The first-order valence-electron chi connectivity index (χ1n) is 7.26. The molecule has 0 spiro atoms. The van der Waals surface area contributed by atoms with Crippen LogP contribution in [0.1, 0.15) is 43.7 Å². The normalized spacial score (nSPS) is 24.6. The molecular formula is C13H20N4O3S. The zero-order valence-electron chi connectivity index (χ0n) is 12.0. The highest BCUT2D eigenvalue weighted by Gasteiger charge is 2.41. The number of hydrazine groups is 1. The standard InChI is InChI=1S/C13H20N4O3S/c1-16-8-11(7-14-16)12-6-13(18)15-17(12)21(19,20)9-10-4-2-3-5-10/h7-8,10,12H,2-6,9H2,1H3,(H,15,18). The van der Waals surface area contributed by atoms with Crippen LogP contribution in [-0.4, -0.2) is 34.3 Å². The fraction of sp³-hybridized carbons (Fsp3) is 0.692. The van der Waals surface area contributed by atoms with E-state index in [0.29, 0.717) is 0 Å². The number of carbonyl (C=O) groups excluding carboxylic acids is 1. The number of hydrogen-bond donors (Lipinski definition) is 1. The first kappa shape index (κ1) is 14.5. The smallest absolute Gasteiger partial charge is 0.237 e. The Hall–Kier alpha value is -1.41. The van der Waals surface area contributed by atoms with Crippen LogP contribution in [0.4, 0.5) is 0 Å². The molecule has 1 saturated carbocycles. The van der Waals surface area contributed by atoms with E-state index in [9.17, 15) is 13.2 Å². The van der Waals surface area contributed by atoms with Crippen LogP contribution in [0.5, 0.6) is 0 Å². The van der Waals surface area contributed by atoms with E-state index >= 15 is 0 Å². The molecule has 8 heteroatoms. The molecule has 7 nitrogen and oxygen atoms in total. The Morgan fingerprint density at radius 3 is 2.71 bits per heavy atom. The van der Waals surface area contributed by atoms with Crippen molar-refractivity contribution in [2.45, 2.75) is 38.1 Å². The van der Waals surface area contributed by atoms with E-state index < -0.39 is 16.1 Å². The maximum atomic E-state index is 12.6. The van der Waals surface area contributed by atoms with Crippen LogP contribution >= 0.6 is 0 Å². The average Bonchev–Trinajstić information content (AvgIpc) is 3.10. The summed E-state index contributed by atoms with van der Waals surface area (Å²) < 4.78 is 28.0. The molecule has 2 heterocycles. The third-order valence-corrected chi connectivity index (χ3v) is 6.06. The summed E-state index contributed by atoms with van der Waals surface area (Å²) in [5.41, 5.74) is 3.24. The van der Waals surface area contributed by atoms with E-state index in [1.54, 1.807) is 24.1 Å². The highest BCUT2D eigenvalue weighted by Crippen LogP contribution is 2.33. The van der Waals surface area contributed by atoms with Crippen molar-refractivity contribution in [3.63, 3.8) is 0 Å². The Labute approximate surface area is 124 Å². The summed E-state index contributed by atoms with van der Waals surface area (Å²) in [6.45, 7) is 0. The van der Waals surface area contributed by atoms with Gasteiger partial charge in [-0.15, -0.1) is 4.41 Å². The van der Waals surface area contributed by atoms with Crippen LogP contribution in [0.3, 0.4) is 0 Å². The van der Waals surface area contributed by atoms with E-state index in [4.69, 9.17) is 0 Å². The number of nitrogens with one attached hydrogen (secondary N) is 1. The van der Waals surface area contributed by atoms with Gasteiger partial charge in [-0.25, -0.2) is 8.42 Å². The fourth-order valence-electron chi connectivity index (χ4n) is 3.19. The molecule has 3 rings (SSSR count). The van der Waals surface area contributed by atoms with Crippen LogP contribution in [0.15, 0.2) is 12.4 Å². The number of nitrogens with zero attached hydrogens (tertiary/aromatic N) is 3. The van der Waals surface area contributed by atoms with Crippen LogP contribution in [0, 0.1) is 5.92 Å². The van der Waals surface area contributed by atoms with Crippen LogP contribution in [0.2, 0.25) is 0 Å². The number of sulfonamides is 1. The molecule has 1 unspecified atom stereocenters. The van der Waals surface area contributed by atoms with Crippen molar-refractivity contribution in [1.82, 2.24) is 19.6 Å². The van der Waals surface area contributed by atoms with Crippen LogP contribution in [0.25, 0.3) is 0 Å². The summed E-state index contributed by atoms with van der Waals surface area (Å²) in [4.78, 5) is 11.7. The predicted molar refractivity (Wildman–Crippen MR) is 76.3 cm³/mol. The maximum Gasteiger partial charge on any atom is 0.237 e. The highest BCUT2D eigenvalue weighted by molar-refractivity contribution is 7.89. The van der Waals surface area contributed by atoms with Crippen molar-refractivity contribution in [2.24, 2.45) is 13.0 Å². The Morgan fingerprint density at radius 1 is 1.38 bits per heavy atom. The average molecular weight is 312 g/mol. The van der Waals surface area contributed by atoms with Gasteiger partial charge in [0.25, 0.3) is 0 Å². The second-order valence-corrected chi connectivity index (χ2v) is 7.82. The molecule has 1 N–H and O–H groups in total. The predicted octanol–water partition coefficient (Wildman–Crippen LogP) is 0.718. The molecule has 1 aromatic rings. The van der Waals surface area contributed by atoms with E-state index in [1.165, 1.54) is 0 Å². The molecular weight excluding hydrogens is 292 g/mol. The number of hydrogen-bond acceptors (Lipinski definition) is 4. The number of aromatic nitrogens is 2. The van der Waals surface area contributed by atoms with E-state index in [1.807, 2.05) is 0 Å². The molecule has 116 valence electrons. The summed E-state index contributed by atoms with van der Waals surface area (Å²) in [7, 11) is -1.73. The molecule has 1 aliphatic heterocycles. The summed E-state index contributed by atoms with van der Waals surface area (Å²) in [5, 5.41) is 4.06. The number of aryl methyl sites for hydroxylation is 1. The second-order valence-electron chi connectivity index (χ2n) is 5.93. The van der Waals surface area contributed by atoms with Crippen molar-refractivity contribution in [3.8, 4) is 0 Å². The number of carbonyl (C=O) groups is 1. The van der Waals surface area contributed by atoms with Gasteiger partial charge in [0.1, 0.15) is 0 Å². The molecule has 0 radical (unpaired) electrons. The molecule has 1 amide bonds. The van der Waals surface area contributed by atoms with Gasteiger partial charge in [0.15, 0.2) is 0 Å². The zero-order valence-corrected chi connectivity index (χ0v) is 12.8. The molecule has 2 aliphatic rings. The third kappa shape index (κ3) is 2.96. The molecule has 1 saturated heterocycles. The monoisotopic (exact) mass is 312 g/mol. The van der Waals surface area contributed by atoms with Gasteiger partial charge in [-0.3, -0.25) is 14.9 Å². The van der Waals surface area contributed by atoms with Crippen molar-refractivity contribution in [1.29, 1.82) is 0 Å². The van der Waals surface area contributed by atoms with Gasteiger partial charge >= 0.3 is 0 Å². The van der Waals surface area contributed by atoms with Crippen LogP contribution in [-0.2, 0) is 21.9 Å². The second kappa shape index (κ2) is 5.42. The lowest BCUT2D eigenvalue weighted by atomic mass is 10.1. The van der Waals surface area contributed by atoms with Gasteiger partial charge in [0.05, 0.1) is 24.4 Å². The molecule has 1 aliphatic carbocycles. The van der Waals surface area contributed by atoms with Gasteiger partial charge in [-0.2, -0.15) is 5.10 Å². The van der Waals surface area contributed by atoms with Crippen molar-refractivity contribution >= 4 is 15.9 Å². The quantitative estimate of drug-likeness (QED) is 0.888. The number of amides is 1. The Balaban J connectivity index is 1.82. The Morgan fingerprint density at radius 2 is 2.10 bits per heavy atom. The summed E-state index contributed by atoms with van der Waals surface area (Å²) in [5.74, 6) is 0.0604. The zero-order chi connectivity index (χ0) is 15.0. The van der Waals surface area contributed by atoms with Gasteiger partial charge in [-0.1, -0.05) is 12.8 Å². The largest absolute Gasteiger partial charge is 0.275 e. The SMILES string of the molecule is Cn1cc(C2CC(=O)NN2S(=O)(=O)CC2CCCC2)cn1. The van der Waals surface area contributed by atoms with E-state index in [2.05, 4.69) is 10.5 Å². The molecule has 21 heavy (non-hydrogen) atoms. The topological polar surface area (TPSA) is 84.3 Å². The summed E-state index contributed by atoms with van der Waals surface area (Å²) in [6.07, 6.45) is 7.62. The van der Waals surface area contributed by atoms with Gasteiger partial charge < -0.3 is 0 Å². The van der Waals surface area contributed by atoms with Crippen molar-refractivity contribution < 1.29 is 13.2 Å². The first-order valence-corrected chi connectivity index (χ1v) is 8.87. The summed E-state index contributed by atoms with van der Waals surface area (Å²) in [6, 6.07) is -0.488. The Kier molecular flexibility index (Phi) is 3.75. The van der Waals surface area contributed by atoms with Gasteiger partial charge in [0.2, 0.25) is 15.9 Å².